The van der Waals surface area contributed by atoms with Crippen LogP contribution in [0.5, 0.6) is 5.75 Å². The molecule has 1 aromatic carbocycles. The van der Waals surface area contributed by atoms with E-state index in [0.29, 0.717) is 10.8 Å². The molecule has 0 saturated heterocycles. The van der Waals surface area contributed by atoms with Crippen molar-refractivity contribution in [2.45, 2.75) is 19.8 Å². The van der Waals surface area contributed by atoms with Gasteiger partial charge in [0.2, 0.25) is 5.13 Å². The largest absolute Gasteiger partial charge is 0.484 e. The van der Waals surface area contributed by atoms with Gasteiger partial charge in [-0.05, 0) is 24.1 Å². The van der Waals surface area contributed by atoms with Crippen molar-refractivity contribution in [1.29, 1.82) is 0 Å². The van der Waals surface area contributed by atoms with Gasteiger partial charge >= 0.3 is 5.97 Å². The number of aryl methyl sites for hydroxylation is 1. The zero-order chi connectivity index (χ0) is 15.9. The topological polar surface area (TPSA) is 101 Å². The first-order valence-electron chi connectivity index (χ1n) is 6.62. The fourth-order valence-corrected chi connectivity index (χ4v) is 2.38. The first kappa shape index (κ1) is 15.9. The molecule has 0 bridgehead atoms. The van der Waals surface area contributed by atoms with Gasteiger partial charge in [-0.1, -0.05) is 30.4 Å². The maximum Gasteiger partial charge on any atom is 0.310 e. The Kier molecular flexibility index (Phi) is 5.42. The third-order valence-corrected chi connectivity index (χ3v) is 3.56. The van der Waals surface area contributed by atoms with Gasteiger partial charge in [0.15, 0.2) is 6.61 Å². The van der Waals surface area contributed by atoms with Gasteiger partial charge < -0.3 is 9.84 Å². The summed E-state index contributed by atoms with van der Waals surface area (Å²) in [5.41, 5.74) is 1.19. The molecule has 116 valence electrons. The van der Waals surface area contributed by atoms with Crippen molar-refractivity contribution in [3.8, 4) is 5.75 Å². The molecule has 8 heteroatoms. The summed E-state index contributed by atoms with van der Waals surface area (Å²) in [6.07, 6.45) is 0.726. The standard InChI is InChI=1S/C14H15N3O4S/c1-2-9-3-5-10(6-4-9)21-8-11(18)15-14-17-16-12(22-14)7-13(19)20/h3-6H,2,7-8H2,1H3,(H,19,20)(H,15,17,18). The van der Waals surface area contributed by atoms with Crippen molar-refractivity contribution in [3.05, 3.63) is 34.8 Å². The lowest BCUT2D eigenvalue weighted by molar-refractivity contribution is -0.136. The molecule has 0 unspecified atom stereocenters. The van der Waals surface area contributed by atoms with E-state index in [2.05, 4.69) is 22.4 Å². The summed E-state index contributed by atoms with van der Waals surface area (Å²) >= 11 is 1.03. The maximum absolute atomic E-state index is 11.7. The molecule has 2 N–H and O–H groups in total. The minimum absolute atomic E-state index is 0.153. The smallest absolute Gasteiger partial charge is 0.310 e. The quantitative estimate of drug-likeness (QED) is 0.805. The van der Waals surface area contributed by atoms with Gasteiger partial charge in [0.1, 0.15) is 10.8 Å². The highest BCUT2D eigenvalue weighted by Gasteiger charge is 2.11. The van der Waals surface area contributed by atoms with Crippen LogP contribution in [-0.4, -0.2) is 33.8 Å². The highest BCUT2D eigenvalue weighted by atomic mass is 32.1. The Morgan fingerprint density at radius 1 is 1.27 bits per heavy atom. The van der Waals surface area contributed by atoms with Gasteiger partial charge in [-0.25, -0.2) is 0 Å². The van der Waals surface area contributed by atoms with Crippen molar-refractivity contribution in [3.63, 3.8) is 0 Å². The molecule has 1 heterocycles. The van der Waals surface area contributed by atoms with E-state index in [1.54, 1.807) is 0 Å². The van der Waals surface area contributed by atoms with Gasteiger partial charge in [-0.15, -0.1) is 10.2 Å². The molecular weight excluding hydrogens is 306 g/mol. The number of ether oxygens (including phenoxy) is 1. The average molecular weight is 321 g/mol. The Morgan fingerprint density at radius 2 is 2.00 bits per heavy atom. The Bertz CT molecular complexity index is 654. The number of carbonyl (C=O) groups excluding carboxylic acids is 1. The molecule has 0 saturated carbocycles. The Morgan fingerprint density at radius 3 is 2.64 bits per heavy atom. The molecular formula is C14H15N3O4S. The number of nitrogens with one attached hydrogen (secondary N) is 1. The van der Waals surface area contributed by atoms with Crippen LogP contribution in [0.1, 0.15) is 17.5 Å². The highest BCUT2D eigenvalue weighted by molar-refractivity contribution is 7.15. The highest BCUT2D eigenvalue weighted by Crippen LogP contribution is 2.16. The van der Waals surface area contributed by atoms with Crippen LogP contribution in [0, 0.1) is 0 Å². The average Bonchev–Trinajstić information content (AvgIpc) is 2.92. The van der Waals surface area contributed by atoms with E-state index in [9.17, 15) is 9.59 Å². The molecule has 0 aliphatic carbocycles. The molecule has 7 nitrogen and oxygen atoms in total. The second-order valence-electron chi connectivity index (χ2n) is 4.41. The van der Waals surface area contributed by atoms with Crippen LogP contribution in [0.2, 0.25) is 0 Å². The first-order valence-corrected chi connectivity index (χ1v) is 7.44. The number of carboxylic acids is 1. The normalized spacial score (nSPS) is 10.2. The number of rotatable bonds is 7. The second kappa shape index (κ2) is 7.51. The van der Waals surface area contributed by atoms with E-state index >= 15 is 0 Å². The van der Waals surface area contributed by atoms with Crippen LogP contribution in [0.3, 0.4) is 0 Å². The summed E-state index contributed by atoms with van der Waals surface area (Å²) in [6.45, 7) is 1.91. The number of benzene rings is 1. The predicted octanol–water partition coefficient (Wildman–Crippen LogP) is 1.75. The van der Waals surface area contributed by atoms with Crippen LogP contribution in [0.15, 0.2) is 24.3 Å². The van der Waals surface area contributed by atoms with Crippen molar-refractivity contribution < 1.29 is 19.4 Å². The van der Waals surface area contributed by atoms with Crippen molar-refractivity contribution >= 4 is 28.3 Å². The molecule has 0 spiro atoms. The fraction of sp³-hybridized carbons (Fsp3) is 0.286. The Labute approximate surface area is 131 Å². The van der Waals surface area contributed by atoms with Gasteiger partial charge in [0.25, 0.3) is 5.91 Å². The summed E-state index contributed by atoms with van der Waals surface area (Å²) in [5, 5.41) is 19.1. The summed E-state index contributed by atoms with van der Waals surface area (Å²) in [6, 6.07) is 7.50. The number of carboxylic acid groups (broad SMARTS) is 1. The minimum Gasteiger partial charge on any atom is -0.484 e. The third-order valence-electron chi connectivity index (χ3n) is 2.72. The van der Waals surface area contributed by atoms with Crippen molar-refractivity contribution in [2.75, 3.05) is 11.9 Å². The summed E-state index contributed by atoms with van der Waals surface area (Å²) in [4.78, 5) is 22.3. The molecule has 1 amide bonds. The first-order chi connectivity index (χ1) is 10.6. The Balaban J connectivity index is 1.82. The fourth-order valence-electron chi connectivity index (χ4n) is 1.63. The Hall–Kier alpha value is -2.48. The monoisotopic (exact) mass is 321 g/mol. The van der Waals surface area contributed by atoms with E-state index in [0.717, 1.165) is 17.8 Å². The molecule has 2 aromatic rings. The molecule has 0 aliphatic rings. The van der Waals surface area contributed by atoms with Crippen LogP contribution >= 0.6 is 11.3 Å². The second-order valence-corrected chi connectivity index (χ2v) is 5.47. The third kappa shape index (κ3) is 4.81. The van der Waals surface area contributed by atoms with Crippen LogP contribution in [0.25, 0.3) is 0 Å². The van der Waals surface area contributed by atoms with E-state index < -0.39 is 5.97 Å². The zero-order valence-electron chi connectivity index (χ0n) is 11.9. The molecule has 0 atom stereocenters. The van der Waals surface area contributed by atoms with Gasteiger partial charge in [0.05, 0.1) is 6.42 Å². The van der Waals surface area contributed by atoms with Gasteiger partial charge in [-0.2, -0.15) is 0 Å². The van der Waals surface area contributed by atoms with Crippen LogP contribution in [0.4, 0.5) is 5.13 Å². The SMILES string of the molecule is CCc1ccc(OCC(=O)Nc2nnc(CC(=O)O)s2)cc1. The number of aliphatic carboxylic acids is 1. The number of amides is 1. The lowest BCUT2D eigenvalue weighted by Gasteiger charge is -2.06. The molecule has 0 fully saturated rings. The van der Waals surface area contributed by atoms with E-state index in [4.69, 9.17) is 9.84 Å². The van der Waals surface area contributed by atoms with E-state index in [-0.39, 0.29) is 24.1 Å². The van der Waals surface area contributed by atoms with E-state index in [1.165, 1.54) is 5.56 Å². The molecule has 22 heavy (non-hydrogen) atoms. The molecule has 1 aromatic heterocycles. The number of aromatic nitrogens is 2. The van der Waals surface area contributed by atoms with Gasteiger partial charge in [0, 0.05) is 0 Å². The van der Waals surface area contributed by atoms with Crippen molar-refractivity contribution in [2.24, 2.45) is 0 Å². The number of hydrogen-bond acceptors (Lipinski definition) is 6. The zero-order valence-corrected chi connectivity index (χ0v) is 12.7. The summed E-state index contributed by atoms with van der Waals surface area (Å²) in [7, 11) is 0. The number of hydrogen-bond donors (Lipinski definition) is 2. The lowest BCUT2D eigenvalue weighted by atomic mass is 10.2. The van der Waals surface area contributed by atoms with Gasteiger partial charge in [-0.3, -0.25) is 14.9 Å². The van der Waals surface area contributed by atoms with Crippen LogP contribution in [-0.2, 0) is 22.4 Å². The predicted molar refractivity (Wildman–Crippen MR) is 81.2 cm³/mol. The molecule has 0 aliphatic heterocycles. The minimum atomic E-state index is -0.993. The van der Waals surface area contributed by atoms with E-state index in [1.807, 2.05) is 24.3 Å². The molecule has 0 radical (unpaired) electrons. The van der Waals surface area contributed by atoms with Crippen LogP contribution < -0.4 is 10.1 Å². The maximum atomic E-state index is 11.7. The summed E-state index contributed by atoms with van der Waals surface area (Å²) in [5.74, 6) is -0.762. The lowest BCUT2D eigenvalue weighted by Crippen LogP contribution is -2.20. The summed E-state index contributed by atoms with van der Waals surface area (Å²) < 4.78 is 5.36. The number of carbonyl (C=O) groups is 2. The number of nitrogens with zero attached hydrogens (tertiary/aromatic N) is 2. The number of anilines is 1. The molecule has 2 rings (SSSR count). The van der Waals surface area contributed by atoms with Crippen molar-refractivity contribution in [1.82, 2.24) is 10.2 Å².